The third-order valence-electron chi connectivity index (χ3n) is 3.26. The first kappa shape index (κ1) is 18.4. The van der Waals surface area contributed by atoms with E-state index in [0.29, 0.717) is 11.3 Å². The number of nitro groups is 1. The number of ether oxygens (including phenoxy) is 1. The summed E-state index contributed by atoms with van der Waals surface area (Å²) < 4.78 is 5.51. The standard InChI is InChI=1S/C17H16ClN3O4/c1-11-3-6-14(7-4-11)25-12(2)17(22)20-19-10-13-5-8-15(18)16(9-13)21(23)24/h3-10,12H,1-2H3,(H,20,22). The zero-order chi connectivity index (χ0) is 18.4. The van der Waals surface area contributed by atoms with Crippen LogP contribution in [-0.4, -0.2) is 23.1 Å². The van der Waals surface area contributed by atoms with E-state index < -0.39 is 16.9 Å². The molecule has 0 heterocycles. The zero-order valence-electron chi connectivity index (χ0n) is 13.6. The Morgan fingerprint density at radius 1 is 1.32 bits per heavy atom. The van der Waals surface area contributed by atoms with Gasteiger partial charge in [-0.05, 0) is 32.0 Å². The van der Waals surface area contributed by atoms with Crippen molar-refractivity contribution in [2.75, 3.05) is 0 Å². The number of hydrogen-bond acceptors (Lipinski definition) is 5. The lowest BCUT2D eigenvalue weighted by atomic mass is 10.2. The smallest absolute Gasteiger partial charge is 0.288 e. The Labute approximate surface area is 149 Å². The molecule has 1 unspecified atom stereocenters. The van der Waals surface area contributed by atoms with Crippen LogP contribution in [-0.2, 0) is 4.79 Å². The zero-order valence-corrected chi connectivity index (χ0v) is 14.4. The van der Waals surface area contributed by atoms with Crippen molar-refractivity contribution >= 4 is 29.4 Å². The molecule has 0 aliphatic heterocycles. The highest BCUT2D eigenvalue weighted by molar-refractivity contribution is 6.32. The minimum atomic E-state index is -0.751. The van der Waals surface area contributed by atoms with Crippen LogP contribution in [0.1, 0.15) is 18.1 Å². The van der Waals surface area contributed by atoms with Crippen LogP contribution in [0.2, 0.25) is 5.02 Å². The Hall–Kier alpha value is -2.93. The Balaban J connectivity index is 1.94. The monoisotopic (exact) mass is 361 g/mol. The van der Waals surface area contributed by atoms with Crippen LogP contribution in [0.5, 0.6) is 5.75 Å². The van der Waals surface area contributed by atoms with Gasteiger partial charge in [0.25, 0.3) is 11.6 Å². The van der Waals surface area contributed by atoms with Gasteiger partial charge in [0.2, 0.25) is 0 Å². The van der Waals surface area contributed by atoms with Gasteiger partial charge < -0.3 is 4.74 Å². The molecule has 0 spiro atoms. The Kier molecular flexibility index (Phi) is 6.08. The van der Waals surface area contributed by atoms with Gasteiger partial charge >= 0.3 is 0 Å². The van der Waals surface area contributed by atoms with Gasteiger partial charge in [-0.2, -0.15) is 5.10 Å². The third-order valence-corrected chi connectivity index (χ3v) is 3.58. The SMILES string of the molecule is Cc1ccc(OC(C)C(=O)NN=Cc2ccc(Cl)c([N+](=O)[O-])c2)cc1. The topological polar surface area (TPSA) is 93.8 Å². The maximum absolute atomic E-state index is 12.0. The molecule has 130 valence electrons. The molecular formula is C17H16ClN3O4. The van der Waals surface area contributed by atoms with Crippen molar-refractivity contribution in [2.45, 2.75) is 20.0 Å². The highest BCUT2D eigenvalue weighted by Gasteiger charge is 2.14. The Bertz CT molecular complexity index is 806. The summed E-state index contributed by atoms with van der Waals surface area (Å²) in [6, 6.07) is 11.5. The van der Waals surface area contributed by atoms with E-state index in [0.717, 1.165) is 5.56 Å². The summed E-state index contributed by atoms with van der Waals surface area (Å²) in [7, 11) is 0. The molecule has 8 heteroatoms. The summed E-state index contributed by atoms with van der Waals surface area (Å²) in [5.41, 5.74) is 3.62. The molecule has 0 radical (unpaired) electrons. The first-order valence-corrected chi connectivity index (χ1v) is 7.75. The fourth-order valence-electron chi connectivity index (χ4n) is 1.89. The van der Waals surface area contributed by atoms with E-state index in [1.165, 1.54) is 18.3 Å². The van der Waals surface area contributed by atoms with Crippen molar-refractivity contribution in [3.05, 3.63) is 68.7 Å². The van der Waals surface area contributed by atoms with Gasteiger partial charge in [-0.15, -0.1) is 0 Å². The molecule has 2 rings (SSSR count). The number of benzene rings is 2. The minimum Gasteiger partial charge on any atom is -0.481 e. The number of rotatable bonds is 6. The number of amides is 1. The minimum absolute atomic E-state index is 0.0336. The molecule has 0 aliphatic carbocycles. The average molecular weight is 362 g/mol. The largest absolute Gasteiger partial charge is 0.481 e. The predicted octanol–water partition coefficient (Wildman–Crippen LogP) is 3.47. The molecule has 0 aromatic heterocycles. The molecule has 0 saturated carbocycles. The molecule has 2 aromatic rings. The van der Waals surface area contributed by atoms with Crippen LogP contribution in [0.3, 0.4) is 0 Å². The van der Waals surface area contributed by atoms with Gasteiger partial charge in [0.15, 0.2) is 6.10 Å². The fraction of sp³-hybridized carbons (Fsp3) is 0.176. The van der Waals surface area contributed by atoms with E-state index in [2.05, 4.69) is 10.5 Å². The molecule has 0 fully saturated rings. The van der Waals surface area contributed by atoms with E-state index in [1.807, 2.05) is 19.1 Å². The molecule has 0 saturated heterocycles. The highest BCUT2D eigenvalue weighted by atomic mass is 35.5. The Morgan fingerprint density at radius 2 is 2.00 bits per heavy atom. The molecule has 7 nitrogen and oxygen atoms in total. The molecule has 1 N–H and O–H groups in total. The van der Waals surface area contributed by atoms with Gasteiger partial charge in [-0.25, -0.2) is 5.43 Å². The third kappa shape index (κ3) is 5.29. The quantitative estimate of drug-likeness (QED) is 0.484. The van der Waals surface area contributed by atoms with Crippen LogP contribution in [0.25, 0.3) is 0 Å². The first-order chi connectivity index (χ1) is 11.9. The molecular weight excluding hydrogens is 346 g/mol. The number of carbonyl (C=O) groups is 1. The summed E-state index contributed by atoms with van der Waals surface area (Å²) >= 11 is 5.73. The normalized spacial score (nSPS) is 12.0. The number of aryl methyl sites for hydroxylation is 1. The summed E-state index contributed by atoms with van der Waals surface area (Å²) in [5, 5.41) is 14.6. The van der Waals surface area contributed by atoms with Crippen molar-refractivity contribution in [1.29, 1.82) is 0 Å². The molecule has 0 bridgehead atoms. The van der Waals surface area contributed by atoms with Crippen molar-refractivity contribution in [1.82, 2.24) is 5.43 Å². The number of nitro benzene ring substituents is 1. The summed E-state index contributed by atoms with van der Waals surface area (Å²) in [4.78, 5) is 22.2. The highest BCUT2D eigenvalue weighted by Crippen LogP contribution is 2.24. The average Bonchev–Trinajstić information content (AvgIpc) is 2.58. The lowest BCUT2D eigenvalue weighted by molar-refractivity contribution is -0.384. The molecule has 0 aliphatic rings. The number of hydrazone groups is 1. The van der Waals surface area contributed by atoms with Crippen LogP contribution in [0.4, 0.5) is 5.69 Å². The number of nitrogens with zero attached hydrogens (tertiary/aromatic N) is 2. The van der Waals surface area contributed by atoms with E-state index in [9.17, 15) is 14.9 Å². The molecule has 1 amide bonds. The molecule has 2 aromatic carbocycles. The van der Waals surface area contributed by atoms with E-state index in [1.54, 1.807) is 25.1 Å². The van der Waals surface area contributed by atoms with Crippen LogP contribution < -0.4 is 10.2 Å². The van der Waals surface area contributed by atoms with E-state index in [4.69, 9.17) is 16.3 Å². The number of halogens is 1. The number of carbonyl (C=O) groups excluding carboxylic acids is 1. The van der Waals surface area contributed by atoms with Crippen LogP contribution in [0, 0.1) is 17.0 Å². The van der Waals surface area contributed by atoms with Crippen LogP contribution in [0.15, 0.2) is 47.6 Å². The Morgan fingerprint density at radius 3 is 2.64 bits per heavy atom. The lowest BCUT2D eigenvalue weighted by Crippen LogP contribution is -2.33. The number of nitrogens with one attached hydrogen (secondary N) is 1. The summed E-state index contributed by atoms with van der Waals surface area (Å²) in [6.07, 6.45) is 0.541. The summed E-state index contributed by atoms with van der Waals surface area (Å²) in [5.74, 6) is 0.130. The second-order valence-corrected chi connectivity index (χ2v) is 5.68. The van der Waals surface area contributed by atoms with Crippen molar-refractivity contribution in [2.24, 2.45) is 5.10 Å². The molecule has 1 atom stereocenters. The first-order valence-electron chi connectivity index (χ1n) is 7.37. The van der Waals surface area contributed by atoms with Gasteiger partial charge in [0, 0.05) is 11.6 Å². The second kappa shape index (κ2) is 8.25. The maximum atomic E-state index is 12.0. The van der Waals surface area contributed by atoms with E-state index >= 15 is 0 Å². The predicted molar refractivity (Wildman–Crippen MR) is 95.1 cm³/mol. The van der Waals surface area contributed by atoms with Gasteiger partial charge in [0.1, 0.15) is 10.8 Å². The van der Waals surface area contributed by atoms with Gasteiger partial charge in [0.05, 0.1) is 11.1 Å². The molecule has 25 heavy (non-hydrogen) atoms. The van der Waals surface area contributed by atoms with Gasteiger partial charge in [-0.1, -0.05) is 35.4 Å². The fourth-order valence-corrected chi connectivity index (χ4v) is 2.07. The van der Waals surface area contributed by atoms with Crippen molar-refractivity contribution in [3.63, 3.8) is 0 Å². The second-order valence-electron chi connectivity index (χ2n) is 5.28. The van der Waals surface area contributed by atoms with Crippen molar-refractivity contribution in [3.8, 4) is 5.75 Å². The summed E-state index contributed by atoms with van der Waals surface area (Å²) in [6.45, 7) is 3.55. The maximum Gasteiger partial charge on any atom is 0.288 e. The van der Waals surface area contributed by atoms with E-state index in [-0.39, 0.29) is 10.7 Å². The lowest BCUT2D eigenvalue weighted by Gasteiger charge is -2.12. The van der Waals surface area contributed by atoms with Crippen LogP contribution >= 0.6 is 11.6 Å². The van der Waals surface area contributed by atoms with Crippen molar-refractivity contribution < 1.29 is 14.5 Å². The van der Waals surface area contributed by atoms with Gasteiger partial charge in [-0.3, -0.25) is 14.9 Å². The number of hydrogen-bond donors (Lipinski definition) is 1.